The predicted molar refractivity (Wildman–Crippen MR) is 147 cm³/mol. The number of carbonyl (C=O) groups is 4. The molecule has 0 bridgehead atoms. The monoisotopic (exact) mass is 530 g/mol. The van der Waals surface area contributed by atoms with Gasteiger partial charge in [0.15, 0.2) is 0 Å². The number of ether oxygens (including phenoxy) is 1. The zero-order valence-electron chi connectivity index (χ0n) is 24.1. The van der Waals surface area contributed by atoms with E-state index in [1.165, 1.54) is 4.90 Å². The van der Waals surface area contributed by atoms with Gasteiger partial charge >= 0.3 is 6.09 Å². The number of alkyl carbamates (subject to hydrolysis) is 1. The number of hydrogen-bond donors (Lipinski definition) is 3. The molecular formula is C29H46N4O5. The molecule has 212 valence electrons. The fourth-order valence-corrected chi connectivity index (χ4v) is 4.75. The van der Waals surface area contributed by atoms with E-state index in [1.807, 2.05) is 45.9 Å². The van der Waals surface area contributed by atoms with E-state index in [4.69, 9.17) is 10.5 Å². The van der Waals surface area contributed by atoms with Crippen molar-refractivity contribution in [3.05, 3.63) is 34.9 Å². The van der Waals surface area contributed by atoms with Crippen LogP contribution in [0.5, 0.6) is 0 Å². The first-order valence-electron chi connectivity index (χ1n) is 13.7. The molecule has 1 aromatic carbocycles. The number of amides is 4. The average Bonchev–Trinajstić information content (AvgIpc) is 2.80. The predicted octanol–water partition coefficient (Wildman–Crippen LogP) is 4.19. The van der Waals surface area contributed by atoms with Crippen molar-refractivity contribution >= 4 is 23.8 Å². The van der Waals surface area contributed by atoms with Gasteiger partial charge in [-0.15, -0.1) is 0 Å². The standard InChI is InChI=1S/C29H46N4O5/c1-18(2)33(27(36)23(15-16-24(30)34)32-28(37)38-29(5,6)7)25(21-14-13-19(3)20(4)17-21)26(35)31-22-11-9-8-10-12-22/h13-14,17-18,22-23,25H,8-12,15-16H2,1-7H3,(H2,30,34)(H,31,35)(H,32,37). The Hall–Kier alpha value is -3.10. The van der Waals surface area contributed by atoms with Crippen molar-refractivity contribution in [2.45, 2.75) is 123 Å². The largest absolute Gasteiger partial charge is 0.444 e. The highest BCUT2D eigenvalue weighted by Gasteiger charge is 2.38. The topological polar surface area (TPSA) is 131 Å². The number of hydrogen-bond acceptors (Lipinski definition) is 5. The second kappa shape index (κ2) is 13.6. The SMILES string of the molecule is Cc1ccc(C(C(=O)NC2CCCCC2)N(C(=O)C(CCC(N)=O)NC(=O)OC(C)(C)C)C(C)C)cc1C. The van der Waals surface area contributed by atoms with E-state index in [1.54, 1.807) is 20.8 Å². The molecule has 0 aromatic heterocycles. The number of nitrogens with two attached hydrogens (primary N) is 1. The highest BCUT2D eigenvalue weighted by Crippen LogP contribution is 2.28. The lowest BCUT2D eigenvalue weighted by Gasteiger charge is -2.38. The van der Waals surface area contributed by atoms with Crippen LogP contribution >= 0.6 is 0 Å². The Balaban J connectivity index is 2.48. The molecule has 2 atom stereocenters. The summed E-state index contributed by atoms with van der Waals surface area (Å²) in [5.41, 5.74) is 7.37. The Morgan fingerprint density at radius 3 is 2.21 bits per heavy atom. The maximum absolute atomic E-state index is 14.1. The van der Waals surface area contributed by atoms with E-state index in [9.17, 15) is 19.2 Å². The van der Waals surface area contributed by atoms with Crippen LogP contribution in [0.25, 0.3) is 0 Å². The van der Waals surface area contributed by atoms with Crippen molar-refractivity contribution in [2.75, 3.05) is 0 Å². The normalized spacial score (nSPS) is 15.9. The van der Waals surface area contributed by atoms with Crippen LogP contribution in [0.1, 0.15) is 102 Å². The summed E-state index contributed by atoms with van der Waals surface area (Å²) in [6, 6.07) is 3.40. The van der Waals surface area contributed by atoms with E-state index < -0.39 is 35.6 Å². The summed E-state index contributed by atoms with van der Waals surface area (Å²) >= 11 is 0. The zero-order valence-corrected chi connectivity index (χ0v) is 24.1. The molecule has 1 aromatic rings. The van der Waals surface area contributed by atoms with Gasteiger partial charge in [-0.05, 0) is 84.4 Å². The van der Waals surface area contributed by atoms with Crippen molar-refractivity contribution in [2.24, 2.45) is 5.73 Å². The highest BCUT2D eigenvalue weighted by atomic mass is 16.6. The first-order valence-corrected chi connectivity index (χ1v) is 13.7. The molecule has 4 amide bonds. The fourth-order valence-electron chi connectivity index (χ4n) is 4.75. The summed E-state index contributed by atoms with van der Waals surface area (Å²) in [5.74, 6) is -1.33. The Kier molecular flexibility index (Phi) is 11.2. The van der Waals surface area contributed by atoms with Crippen molar-refractivity contribution in [1.82, 2.24) is 15.5 Å². The van der Waals surface area contributed by atoms with Gasteiger partial charge in [0.05, 0.1) is 0 Å². The van der Waals surface area contributed by atoms with Crippen LogP contribution in [0.2, 0.25) is 0 Å². The molecule has 9 heteroatoms. The summed E-state index contributed by atoms with van der Waals surface area (Å²) in [6.45, 7) is 12.8. The molecule has 1 saturated carbocycles. The third-order valence-electron chi connectivity index (χ3n) is 6.80. The van der Waals surface area contributed by atoms with E-state index in [0.29, 0.717) is 5.56 Å². The van der Waals surface area contributed by atoms with Gasteiger partial charge in [-0.2, -0.15) is 0 Å². The smallest absolute Gasteiger partial charge is 0.408 e. The van der Waals surface area contributed by atoms with Crippen molar-refractivity contribution in [3.8, 4) is 0 Å². The minimum atomic E-state index is -1.10. The maximum atomic E-state index is 14.1. The molecule has 2 unspecified atom stereocenters. The minimum Gasteiger partial charge on any atom is -0.444 e. The first kappa shape index (κ1) is 31.1. The third kappa shape index (κ3) is 9.33. The number of rotatable bonds is 10. The first-order chi connectivity index (χ1) is 17.7. The van der Waals surface area contributed by atoms with Crippen molar-refractivity contribution < 1.29 is 23.9 Å². The number of benzene rings is 1. The van der Waals surface area contributed by atoms with Gasteiger partial charge in [0, 0.05) is 18.5 Å². The lowest BCUT2D eigenvalue weighted by Crippen LogP contribution is -2.56. The van der Waals surface area contributed by atoms with Gasteiger partial charge in [0.1, 0.15) is 17.7 Å². The number of carbonyl (C=O) groups excluding carboxylic acids is 4. The average molecular weight is 531 g/mol. The van der Waals surface area contributed by atoms with E-state index >= 15 is 0 Å². The van der Waals surface area contributed by atoms with Gasteiger partial charge < -0.3 is 26.0 Å². The second-order valence-corrected chi connectivity index (χ2v) is 11.6. The van der Waals surface area contributed by atoms with Gasteiger partial charge in [0.25, 0.3) is 0 Å². The molecule has 1 aliphatic rings. The lowest BCUT2D eigenvalue weighted by atomic mass is 9.93. The van der Waals surface area contributed by atoms with Gasteiger partial charge in [-0.25, -0.2) is 4.79 Å². The molecule has 0 aliphatic heterocycles. The maximum Gasteiger partial charge on any atom is 0.408 e. The van der Waals surface area contributed by atoms with Crippen LogP contribution in [-0.4, -0.2) is 52.4 Å². The van der Waals surface area contributed by atoms with Crippen molar-refractivity contribution in [3.63, 3.8) is 0 Å². The summed E-state index contributed by atoms with van der Waals surface area (Å²) in [4.78, 5) is 53.7. The van der Waals surface area contributed by atoms with Gasteiger partial charge in [-0.3, -0.25) is 14.4 Å². The molecule has 9 nitrogen and oxygen atoms in total. The molecule has 0 saturated heterocycles. The molecule has 38 heavy (non-hydrogen) atoms. The summed E-state index contributed by atoms with van der Waals surface area (Å²) in [5, 5.41) is 5.80. The molecule has 0 radical (unpaired) electrons. The summed E-state index contributed by atoms with van der Waals surface area (Å²) in [7, 11) is 0. The van der Waals surface area contributed by atoms with E-state index in [0.717, 1.165) is 43.2 Å². The third-order valence-corrected chi connectivity index (χ3v) is 6.80. The van der Waals surface area contributed by atoms with E-state index in [2.05, 4.69) is 10.6 Å². The zero-order chi connectivity index (χ0) is 28.6. The number of aryl methyl sites for hydroxylation is 2. The van der Waals surface area contributed by atoms with Crippen LogP contribution in [-0.2, 0) is 19.1 Å². The lowest BCUT2D eigenvalue weighted by molar-refractivity contribution is -0.145. The van der Waals surface area contributed by atoms with E-state index in [-0.39, 0.29) is 30.8 Å². The molecule has 2 rings (SSSR count). The number of nitrogens with zero attached hydrogens (tertiary/aromatic N) is 1. The number of nitrogens with one attached hydrogen (secondary N) is 2. The fraction of sp³-hybridized carbons (Fsp3) is 0.655. The Morgan fingerprint density at radius 1 is 1.05 bits per heavy atom. The van der Waals surface area contributed by atoms with Gasteiger partial charge in [0.2, 0.25) is 17.7 Å². The Labute approximate surface area is 227 Å². The second-order valence-electron chi connectivity index (χ2n) is 11.6. The summed E-state index contributed by atoms with van der Waals surface area (Å²) in [6.07, 6.45) is 4.17. The van der Waals surface area contributed by atoms with Crippen LogP contribution in [0.3, 0.4) is 0 Å². The quantitative estimate of drug-likeness (QED) is 0.417. The highest BCUT2D eigenvalue weighted by molar-refractivity contribution is 5.92. The van der Waals surface area contributed by atoms with Crippen LogP contribution in [0.15, 0.2) is 18.2 Å². The van der Waals surface area contributed by atoms with Gasteiger partial charge in [-0.1, -0.05) is 37.5 Å². The molecule has 0 spiro atoms. The van der Waals surface area contributed by atoms with Crippen LogP contribution in [0, 0.1) is 13.8 Å². The molecule has 0 heterocycles. The molecular weight excluding hydrogens is 484 g/mol. The van der Waals surface area contributed by atoms with Crippen LogP contribution in [0.4, 0.5) is 4.79 Å². The summed E-state index contributed by atoms with van der Waals surface area (Å²) < 4.78 is 5.37. The Morgan fingerprint density at radius 2 is 1.68 bits per heavy atom. The molecule has 4 N–H and O–H groups in total. The Bertz CT molecular complexity index is 995. The molecule has 1 fully saturated rings. The van der Waals surface area contributed by atoms with Crippen molar-refractivity contribution in [1.29, 1.82) is 0 Å². The number of primary amides is 1. The van der Waals surface area contributed by atoms with Crippen LogP contribution < -0.4 is 16.4 Å². The molecule has 1 aliphatic carbocycles. The minimum absolute atomic E-state index is 0.0134.